The first-order chi connectivity index (χ1) is 12.0. The van der Waals surface area contributed by atoms with Crippen molar-refractivity contribution in [2.45, 2.75) is 64.2 Å². The predicted octanol–water partition coefficient (Wildman–Crippen LogP) is 3.34. The lowest BCUT2D eigenvalue weighted by atomic mass is 9.80. The molecule has 0 aromatic carbocycles. The normalized spacial score (nSPS) is 33.0. The Hall–Kier alpha value is -0.910. The monoisotopic (exact) mass is 362 g/mol. The van der Waals surface area contributed by atoms with Gasteiger partial charge < -0.3 is 10.1 Å². The smallest absolute Gasteiger partial charge is 0.249 e. The SMILES string of the molecule is Cc1ccc(CN2CC[C@]3(CC[C@@H](C(=O)NCC4CC4)O3)[C@@H](C)C2)s1. The minimum Gasteiger partial charge on any atom is -0.362 e. The summed E-state index contributed by atoms with van der Waals surface area (Å²) in [6.45, 7) is 8.49. The highest BCUT2D eigenvalue weighted by atomic mass is 32.1. The highest BCUT2D eigenvalue weighted by Crippen LogP contribution is 2.42. The topological polar surface area (TPSA) is 41.6 Å². The van der Waals surface area contributed by atoms with E-state index in [1.165, 1.54) is 22.6 Å². The number of thiophene rings is 1. The molecule has 2 aliphatic heterocycles. The Bertz CT molecular complexity index is 627. The van der Waals surface area contributed by atoms with Gasteiger partial charge in [0.1, 0.15) is 6.10 Å². The van der Waals surface area contributed by atoms with Crippen LogP contribution in [-0.2, 0) is 16.1 Å². The first kappa shape index (κ1) is 17.5. The standard InChI is InChI=1S/C20H30N2O2S/c1-14-12-22(13-17-6-3-15(2)25-17)10-9-20(14)8-7-18(24-20)19(23)21-11-16-4-5-16/h3,6,14,16,18H,4-5,7-13H2,1-2H3,(H,21,23)/t14-,18-,20+/m0/s1. The van der Waals surface area contributed by atoms with E-state index in [2.05, 4.69) is 36.2 Å². The Kier molecular flexibility index (Phi) is 4.91. The predicted molar refractivity (Wildman–Crippen MR) is 101 cm³/mol. The average Bonchev–Trinajstić information content (AvgIpc) is 3.18. The molecule has 5 heteroatoms. The fourth-order valence-electron chi connectivity index (χ4n) is 4.36. The van der Waals surface area contributed by atoms with Crippen molar-refractivity contribution in [1.82, 2.24) is 10.2 Å². The molecule has 25 heavy (non-hydrogen) atoms. The Morgan fingerprint density at radius 3 is 2.88 bits per heavy atom. The van der Waals surface area contributed by atoms with Gasteiger partial charge in [0.25, 0.3) is 0 Å². The lowest BCUT2D eigenvalue weighted by Crippen LogP contribution is -2.51. The fraction of sp³-hybridized carbons (Fsp3) is 0.750. The van der Waals surface area contributed by atoms with E-state index in [0.29, 0.717) is 5.92 Å². The van der Waals surface area contributed by atoms with Gasteiger partial charge in [-0.3, -0.25) is 9.69 Å². The van der Waals surface area contributed by atoms with Gasteiger partial charge in [0.05, 0.1) is 5.60 Å². The maximum Gasteiger partial charge on any atom is 0.249 e. The molecule has 4 rings (SSSR count). The summed E-state index contributed by atoms with van der Waals surface area (Å²) in [4.78, 5) is 17.8. The summed E-state index contributed by atoms with van der Waals surface area (Å²) >= 11 is 1.90. The molecular formula is C20H30N2O2S. The molecule has 0 bridgehead atoms. The summed E-state index contributed by atoms with van der Waals surface area (Å²) in [5.41, 5.74) is -0.0799. The van der Waals surface area contributed by atoms with Crippen molar-refractivity contribution in [3.05, 3.63) is 21.9 Å². The second-order valence-corrected chi connectivity index (χ2v) is 9.67. The molecule has 1 N–H and O–H groups in total. The molecule has 3 atom stereocenters. The van der Waals surface area contributed by atoms with Crippen molar-refractivity contribution in [3.8, 4) is 0 Å². The minimum absolute atomic E-state index is 0.0799. The van der Waals surface area contributed by atoms with E-state index < -0.39 is 0 Å². The summed E-state index contributed by atoms with van der Waals surface area (Å²) < 4.78 is 6.38. The molecule has 1 amide bonds. The Morgan fingerprint density at radius 2 is 2.20 bits per heavy atom. The number of rotatable bonds is 5. The van der Waals surface area contributed by atoms with Gasteiger partial charge in [-0.15, -0.1) is 11.3 Å². The molecule has 0 radical (unpaired) electrons. The highest BCUT2D eigenvalue weighted by Gasteiger charge is 2.48. The van der Waals surface area contributed by atoms with Crippen LogP contribution in [0.5, 0.6) is 0 Å². The van der Waals surface area contributed by atoms with E-state index in [1.807, 2.05) is 11.3 Å². The van der Waals surface area contributed by atoms with Crippen molar-refractivity contribution < 1.29 is 9.53 Å². The number of ether oxygens (including phenoxy) is 1. The van der Waals surface area contributed by atoms with Crippen LogP contribution in [-0.4, -0.2) is 42.1 Å². The first-order valence-electron chi connectivity index (χ1n) is 9.77. The van der Waals surface area contributed by atoms with Crippen molar-refractivity contribution in [3.63, 3.8) is 0 Å². The zero-order chi connectivity index (χ0) is 17.4. The summed E-state index contributed by atoms with van der Waals surface area (Å²) in [6, 6.07) is 4.46. The second kappa shape index (κ2) is 7.01. The van der Waals surface area contributed by atoms with Crippen LogP contribution in [0.4, 0.5) is 0 Å². The van der Waals surface area contributed by atoms with E-state index in [9.17, 15) is 4.79 Å². The van der Waals surface area contributed by atoms with Gasteiger partial charge in [-0.05, 0) is 63.0 Å². The molecule has 1 aromatic rings. The summed E-state index contributed by atoms with van der Waals surface area (Å²) in [5, 5.41) is 3.09. The van der Waals surface area contributed by atoms with E-state index in [4.69, 9.17) is 4.74 Å². The average molecular weight is 363 g/mol. The van der Waals surface area contributed by atoms with Gasteiger partial charge in [-0.1, -0.05) is 6.92 Å². The summed E-state index contributed by atoms with van der Waals surface area (Å²) in [7, 11) is 0. The third-order valence-corrected chi connectivity index (χ3v) is 7.20. The molecule has 0 unspecified atom stereocenters. The molecule has 138 valence electrons. The lowest BCUT2D eigenvalue weighted by Gasteiger charge is -2.44. The molecular weight excluding hydrogens is 332 g/mol. The van der Waals surface area contributed by atoms with Crippen LogP contribution in [0.2, 0.25) is 0 Å². The van der Waals surface area contributed by atoms with E-state index in [1.54, 1.807) is 0 Å². The van der Waals surface area contributed by atoms with Gasteiger partial charge in [-0.25, -0.2) is 0 Å². The van der Waals surface area contributed by atoms with Crippen LogP contribution < -0.4 is 5.32 Å². The van der Waals surface area contributed by atoms with Crippen LogP contribution in [0.25, 0.3) is 0 Å². The molecule has 1 aromatic heterocycles. The molecule has 3 fully saturated rings. The third kappa shape index (κ3) is 3.93. The number of piperidine rings is 1. The molecule has 1 spiro atoms. The summed E-state index contributed by atoms with van der Waals surface area (Å²) in [6.07, 6.45) is 5.27. The fourth-order valence-corrected chi connectivity index (χ4v) is 5.29. The van der Waals surface area contributed by atoms with E-state index in [-0.39, 0.29) is 17.6 Å². The zero-order valence-corrected chi connectivity index (χ0v) is 16.2. The van der Waals surface area contributed by atoms with Crippen LogP contribution in [0, 0.1) is 18.8 Å². The molecule has 3 heterocycles. The molecule has 2 saturated heterocycles. The molecule has 1 saturated carbocycles. The van der Waals surface area contributed by atoms with Crippen LogP contribution in [0.15, 0.2) is 12.1 Å². The number of hydrogen-bond donors (Lipinski definition) is 1. The Balaban J connectivity index is 1.30. The van der Waals surface area contributed by atoms with Crippen LogP contribution in [0.3, 0.4) is 0 Å². The molecule has 1 aliphatic carbocycles. The van der Waals surface area contributed by atoms with Crippen molar-refractivity contribution in [2.24, 2.45) is 11.8 Å². The van der Waals surface area contributed by atoms with Gasteiger partial charge >= 0.3 is 0 Å². The minimum atomic E-state index is -0.229. The third-order valence-electron chi connectivity index (χ3n) is 6.22. The maximum atomic E-state index is 12.4. The number of carbonyl (C=O) groups is 1. The van der Waals surface area contributed by atoms with Gasteiger partial charge in [0, 0.05) is 35.9 Å². The molecule has 3 aliphatic rings. The van der Waals surface area contributed by atoms with E-state index >= 15 is 0 Å². The number of carbonyl (C=O) groups excluding carboxylic acids is 1. The van der Waals surface area contributed by atoms with Crippen LogP contribution >= 0.6 is 11.3 Å². The van der Waals surface area contributed by atoms with Crippen LogP contribution in [0.1, 0.15) is 48.8 Å². The maximum absolute atomic E-state index is 12.4. The Morgan fingerprint density at radius 1 is 1.36 bits per heavy atom. The van der Waals surface area contributed by atoms with Gasteiger partial charge in [0.15, 0.2) is 0 Å². The van der Waals surface area contributed by atoms with Crippen molar-refractivity contribution in [2.75, 3.05) is 19.6 Å². The lowest BCUT2D eigenvalue weighted by molar-refractivity contribution is -0.147. The van der Waals surface area contributed by atoms with Crippen molar-refractivity contribution in [1.29, 1.82) is 0 Å². The first-order valence-corrected chi connectivity index (χ1v) is 10.6. The number of hydrogen-bond acceptors (Lipinski definition) is 4. The number of likely N-dealkylation sites (tertiary alicyclic amines) is 1. The zero-order valence-electron chi connectivity index (χ0n) is 15.4. The molecule has 4 nitrogen and oxygen atoms in total. The van der Waals surface area contributed by atoms with Gasteiger partial charge in [0.2, 0.25) is 5.91 Å². The van der Waals surface area contributed by atoms with Crippen molar-refractivity contribution >= 4 is 17.2 Å². The number of nitrogens with one attached hydrogen (secondary N) is 1. The van der Waals surface area contributed by atoms with Gasteiger partial charge in [-0.2, -0.15) is 0 Å². The highest BCUT2D eigenvalue weighted by molar-refractivity contribution is 7.11. The van der Waals surface area contributed by atoms with E-state index in [0.717, 1.165) is 51.4 Å². The largest absolute Gasteiger partial charge is 0.362 e. The quantitative estimate of drug-likeness (QED) is 0.873. The Labute approximate surface area is 154 Å². The number of aryl methyl sites for hydroxylation is 1. The number of nitrogens with zero attached hydrogens (tertiary/aromatic N) is 1. The summed E-state index contributed by atoms with van der Waals surface area (Å²) in [5.74, 6) is 1.32. The second-order valence-electron chi connectivity index (χ2n) is 8.30. The number of amides is 1.